The fourth-order valence-corrected chi connectivity index (χ4v) is 2.72. The van der Waals surface area contributed by atoms with Crippen LogP contribution >= 0.6 is 0 Å². The van der Waals surface area contributed by atoms with E-state index >= 15 is 0 Å². The summed E-state index contributed by atoms with van der Waals surface area (Å²) < 4.78 is 8.22. The quantitative estimate of drug-likeness (QED) is 0.834. The molecular weight excluding hydrogens is 224 g/mol. The van der Waals surface area contributed by atoms with Crippen molar-refractivity contribution in [2.75, 3.05) is 19.7 Å². The van der Waals surface area contributed by atoms with Crippen molar-refractivity contribution in [2.24, 2.45) is 7.05 Å². The molecular formula is C15H20N2O. The van der Waals surface area contributed by atoms with E-state index in [1.54, 1.807) is 0 Å². The maximum atomic E-state index is 5.95. The topological polar surface area (TPSA) is 26.2 Å². The standard InChI is InChI=1S/C15H20N2O/c1-11-3-4-12-10-14(17(2)13(12)9-11)15-5-6-16-7-8-18-15/h3-4,9-10,15-16H,5-8H2,1-2H3. The minimum atomic E-state index is 0.220. The number of hydrogen-bond acceptors (Lipinski definition) is 2. The van der Waals surface area contributed by atoms with Crippen LogP contribution in [0.3, 0.4) is 0 Å². The molecule has 0 saturated carbocycles. The average Bonchev–Trinajstić information content (AvgIpc) is 2.59. The normalized spacial score (nSPS) is 21.1. The van der Waals surface area contributed by atoms with E-state index in [9.17, 15) is 0 Å². The monoisotopic (exact) mass is 244 g/mol. The molecule has 2 aromatic rings. The molecule has 0 aliphatic carbocycles. The summed E-state index contributed by atoms with van der Waals surface area (Å²) in [6.07, 6.45) is 1.26. The van der Waals surface area contributed by atoms with Crippen LogP contribution in [0.2, 0.25) is 0 Å². The number of nitrogens with zero attached hydrogens (tertiary/aromatic N) is 1. The van der Waals surface area contributed by atoms with Gasteiger partial charge in [0.2, 0.25) is 0 Å². The van der Waals surface area contributed by atoms with Gasteiger partial charge in [0.1, 0.15) is 0 Å². The summed E-state index contributed by atoms with van der Waals surface area (Å²) in [5, 5.41) is 4.68. The summed E-state index contributed by atoms with van der Waals surface area (Å²) in [5.41, 5.74) is 3.89. The van der Waals surface area contributed by atoms with Gasteiger partial charge in [0.15, 0.2) is 0 Å². The van der Waals surface area contributed by atoms with Crippen LogP contribution in [0.4, 0.5) is 0 Å². The Morgan fingerprint density at radius 1 is 1.28 bits per heavy atom. The molecule has 0 spiro atoms. The molecule has 0 bridgehead atoms. The van der Waals surface area contributed by atoms with E-state index in [1.165, 1.54) is 22.2 Å². The zero-order valence-electron chi connectivity index (χ0n) is 11.1. The van der Waals surface area contributed by atoms with Crippen LogP contribution < -0.4 is 5.32 Å². The molecule has 1 aliphatic heterocycles. The smallest absolute Gasteiger partial charge is 0.0987 e. The van der Waals surface area contributed by atoms with E-state index in [0.29, 0.717) is 0 Å². The van der Waals surface area contributed by atoms with E-state index in [0.717, 1.165) is 26.1 Å². The van der Waals surface area contributed by atoms with Gasteiger partial charge >= 0.3 is 0 Å². The van der Waals surface area contributed by atoms with Crippen molar-refractivity contribution >= 4 is 10.9 Å². The highest BCUT2D eigenvalue weighted by Crippen LogP contribution is 2.28. The summed E-state index contributed by atoms with van der Waals surface area (Å²) in [6.45, 7) is 4.92. The molecule has 1 saturated heterocycles. The lowest BCUT2D eigenvalue weighted by Gasteiger charge is -2.15. The minimum Gasteiger partial charge on any atom is -0.371 e. The Hall–Kier alpha value is -1.32. The largest absolute Gasteiger partial charge is 0.371 e. The van der Waals surface area contributed by atoms with Gasteiger partial charge in [-0.25, -0.2) is 0 Å². The SMILES string of the molecule is Cc1ccc2cc(C3CCNCCO3)n(C)c2c1. The van der Waals surface area contributed by atoms with Crippen LogP contribution in [0.1, 0.15) is 23.8 Å². The van der Waals surface area contributed by atoms with Crippen molar-refractivity contribution in [1.29, 1.82) is 0 Å². The lowest BCUT2D eigenvalue weighted by molar-refractivity contribution is 0.0597. The molecule has 18 heavy (non-hydrogen) atoms. The van der Waals surface area contributed by atoms with Crippen LogP contribution in [0.15, 0.2) is 24.3 Å². The van der Waals surface area contributed by atoms with Crippen LogP contribution in [0.25, 0.3) is 10.9 Å². The average molecular weight is 244 g/mol. The Kier molecular flexibility index (Phi) is 3.10. The fourth-order valence-electron chi connectivity index (χ4n) is 2.72. The van der Waals surface area contributed by atoms with Gasteiger partial charge in [-0.2, -0.15) is 0 Å². The van der Waals surface area contributed by atoms with E-state index < -0.39 is 0 Å². The first kappa shape index (κ1) is 11.8. The molecule has 1 aromatic carbocycles. The number of fused-ring (bicyclic) bond motifs is 1. The zero-order valence-corrected chi connectivity index (χ0v) is 11.1. The fraction of sp³-hybridized carbons (Fsp3) is 0.467. The Morgan fingerprint density at radius 2 is 2.17 bits per heavy atom. The first-order valence-electron chi connectivity index (χ1n) is 6.64. The Labute approximate surface area is 108 Å². The summed E-state index contributed by atoms with van der Waals surface area (Å²) in [5.74, 6) is 0. The molecule has 3 nitrogen and oxygen atoms in total. The molecule has 3 heteroatoms. The van der Waals surface area contributed by atoms with Gasteiger partial charge in [-0.15, -0.1) is 0 Å². The molecule has 1 unspecified atom stereocenters. The summed E-state index contributed by atoms with van der Waals surface area (Å²) in [6, 6.07) is 8.88. The van der Waals surface area contributed by atoms with Gasteiger partial charge in [-0.3, -0.25) is 0 Å². The number of ether oxygens (including phenoxy) is 1. The van der Waals surface area contributed by atoms with Crippen molar-refractivity contribution in [2.45, 2.75) is 19.4 Å². The summed E-state index contributed by atoms with van der Waals surface area (Å²) in [7, 11) is 2.14. The molecule has 1 aromatic heterocycles. The molecule has 0 amide bonds. The van der Waals surface area contributed by atoms with Crippen molar-refractivity contribution in [3.63, 3.8) is 0 Å². The highest BCUT2D eigenvalue weighted by atomic mass is 16.5. The molecule has 1 fully saturated rings. The van der Waals surface area contributed by atoms with Crippen molar-refractivity contribution in [3.8, 4) is 0 Å². The van der Waals surface area contributed by atoms with Gasteiger partial charge < -0.3 is 14.6 Å². The highest BCUT2D eigenvalue weighted by molar-refractivity contribution is 5.82. The third kappa shape index (κ3) is 2.04. The number of rotatable bonds is 1. The molecule has 1 atom stereocenters. The number of aryl methyl sites for hydroxylation is 2. The lowest BCUT2D eigenvalue weighted by Crippen LogP contribution is -2.16. The van der Waals surface area contributed by atoms with E-state index in [-0.39, 0.29) is 6.10 Å². The predicted molar refractivity (Wildman–Crippen MR) is 73.8 cm³/mol. The second kappa shape index (κ2) is 4.75. The first-order valence-corrected chi connectivity index (χ1v) is 6.64. The van der Waals surface area contributed by atoms with Gasteiger partial charge in [-0.05, 0) is 43.0 Å². The van der Waals surface area contributed by atoms with Crippen LogP contribution in [0, 0.1) is 6.92 Å². The summed E-state index contributed by atoms with van der Waals surface area (Å²) >= 11 is 0. The van der Waals surface area contributed by atoms with Gasteiger partial charge in [-0.1, -0.05) is 12.1 Å². The summed E-state index contributed by atoms with van der Waals surface area (Å²) in [4.78, 5) is 0. The third-order valence-electron chi connectivity index (χ3n) is 3.75. The van der Waals surface area contributed by atoms with Crippen molar-refractivity contribution in [3.05, 3.63) is 35.5 Å². The lowest BCUT2D eigenvalue weighted by atomic mass is 10.1. The first-order chi connectivity index (χ1) is 8.75. The highest BCUT2D eigenvalue weighted by Gasteiger charge is 2.18. The zero-order chi connectivity index (χ0) is 12.5. The molecule has 96 valence electrons. The molecule has 0 radical (unpaired) electrons. The Morgan fingerprint density at radius 3 is 3.06 bits per heavy atom. The molecule has 3 rings (SSSR count). The van der Waals surface area contributed by atoms with Crippen molar-refractivity contribution < 1.29 is 4.74 Å². The second-order valence-corrected chi connectivity index (χ2v) is 5.09. The van der Waals surface area contributed by atoms with Crippen LogP contribution in [-0.2, 0) is 11.8 Å². The van der Waals surface area contributed by atoms with Crippen LogP contribution in [-0.4, -0.2) is 24.3 Å². The number of nitrogens with one attached hydrogen (secondary N) is 1. The molecule has 1 N–H and O–H groups in total. The molecule has 1 aliphatic rings. The van der Waals surface area contributed by atoms with Gasteiger partial charge in [0, 0.05) is 24.8 Å². The predicted octanol–water partition coefficient (Wildman–Crippen LogP) is 2.54. The maximum absolute atomic E-state index is 5.95. The second-order valence-electron chi connectivity index (χ2n) is 5.09. The van der Waals surface area contributed by atoms with E-state index in [2.05, 4.69) is 48.1 Å². The number of hydrogen-bond donors (Lipinski definition) is 1. The maximum Gasteiger partial charge on any atom is 0.0987 e. The van der Waals surface area contributed by atoms with E-state index in [1.807, 2.05) is 0 Å². The third-order valence-corrected chi connectivity index (χ3v) is 3.75. The Bertz CT molecular complexity index is 551. The number of benzene rings is 1. The van der Waals surface area contributed by atoms with Crippen molar-refractivity contribution in [1.82, 2.24) is 9.88 Å². The van der Waals surface area contributed by atoms with E-state index in [4.69, 9.17) is 4.74 Å². The molecule has 2 heterocycles. The minimum absolute atomic E-state index is 0.220. The number of aromatic nitrogens is 1. The van der Waals surface area contributed by atoms with Gasteiger partial charge in [0.25, 0.3) is 0 Å². The van der Waals surface area contributed by atoms with Crippen LogP contribution in [0.5, 0.6) is 0 Å². The Balaban J connectivity index is 2.03. The van der Waals surface area contributed by atoms with Gasteiger partial charge in [0.05, 0.1) is 12.7 Å².